The van der Waals surface area contributed by atoms with E-state index in [1.807, 2.05) is 18.2 Å². The van der Waals surface area contributed by atoms with Gasteiger partial charge in [0.05, 0.1) is 15.2 Å². The average Bonchev–Trinajstić information content (AvgIpc) is 2.76. The number of aromatic nitrogens is 1. The summed E-state index contributed by atoms with van der Waals surface area (Å²) < 4.78 is 3.14. The van der Waals surface area contributed by atoms with Crippen LogP contribution in [-0.4, -0.2) is 10.5 Å². The molecule has 0 fully saturated rings. The van der Waals surface area contributed by atoms with Gasteiger partial charge in [0, 0.05) is 13.0 Å². The Morgan fingerprint density at radius 3 is 2.85 bits per heavy atom. The number of para-hydroxylation sites is 1. The monoisotopic (exact) mass is 310 g/mol. The minimum atomic E-state index is -0.0422. The molecule has 1 heterocycles. The van der Waals surface area contributed by atoms with Gasteiger partial charge in [0.1, 0.15) is 0 Å². The normalized spacial score (nSPS) is 12.2. The number of carbonyl (C=O) groups is 1. The number of carbonyl (C=O) groups excluding carboxylic acids is 1. The van der Waals surface area contributed by atoms with Gasteiger partial charge in [-0.25, -0.2) is 0 Å². The lowest BCUT2D eigenvalue weighted by molar-refractivity contribution is -0.118. The number of hydrogen-bond acceptors (Lipinski definition) is 2. The molecule has 1 amide bonds. The zero-order chi connectivity index (χ0) is 14.5. The number of aryl methyl sites for hydroxylation is 1. The summed E-state index contributed by atoms with van der Waals surface area (Å²) in [7, 11) is 0. The number of thiazole rings is 1. The first-order chi connectivity index (χ1) is 9.67. The smallest absolute Gasteiger partial charge is 0.248 e. The summed E-state index contributed by atoms with van der Waals surface area (Å²) in [5.74, 6) is -0.0422. The molecular weight excluding hydrogens is 292 g/mol. The van der Waals surface area contributed by atoms with E-state index >= 15 is 0 Å². The second-order valence-electron chi connectivity index (χ2n) is 4.73. The minimum absolute atomic E-state index is 0.0422. The third-order valence-corrected chi connectivity index (χ3v) is 4.41. The van der Waals surface area contributed by atoms with E-state index in [9.17, 15) is 4.79 Å². The first-order valence-electron chi connectivity index (χ1n) is 7.02. The molecule has 20 heavy (non-hydrogen) atoms. The number of rotatable bonds is 5. The van der Waals surface area contributed by atoms with Crippen molar-refractivity contribution in [1.29, 1.82) is 0 Å². The van der Waals surface area contributed by atoms with E-state index in [0.29, 0.717) is 6.42 Å². The molecule has 2 aromatic rings. The zero-order valence-corrected chi connectivity index (χ0v) is 13.4. The molecule has 0 aliphatic rings. The molecule has 2 rings (SSSR count). The Kier molecular flexibility index (Phi) is 5.38. The van der Waals surface area contributed by atoms with Crippen LogP contribution in [0.25, 0.3) is 10.2 Å². The first-order valence-corrected chi connectivity index (χ1v) is 8.22. The van der Waals surface area contributed by atoms with Crippen LogP contribution in [0.5, 0.6) is 0 Å². The average molecular weight is 311 g/mol. The van der Waals surface area contributed by atoms with Gasteiger partial charge in [0.2, 0.25) is 5.91 Å². The quantitative estimate of drug-likeness (QED) is 0.806. The summed E-state index contributed by atoms with van der Waals surface area (Å²) in [4.78, 5) is 16.9. The molecule has 0 atom stereocenters. The number of unbranched alkanes of at least 4 members (excludes halogenated alkanes) is 1. The maximum atomic E-state index is 11.9. The van der Waals surface area contributed by atoms with E-state index < -0.39 is 0 Å². The van der Waals surface area contributed by atoms with E-state index in [1.54, 1.807) is 0 Å². The van der Waals surface area contributed by atoms with Crippen molar-refractivity contribution in [1.82, 2.24) is 4.57 Å². The molecule has 0 N–H and O–H groups in total. The van der Waals surface area contributed by atoms with Gasteiger partial charge in [0.15, 0.2) is 4.80 Å². The van der Waals surface area contributed by atoms with Crippen LogP contribution in [0.2, 0.25) is 5.02 Å². The lowest BCUT2D eigenvalue weighted by Crippen LogP contribution is -2.16. The highest BCUT2D eigenvalue weighted by Gasteiger charge is 2.10. The predicted octanol–water partition coefficient (Wildman–Crippen LogP) is 4.38. The number of halogens is 1. The molecule has 0 saturated carbocycles. The standard InChI is InChI=1S/C15H19ClN2OS/c1-3-5-9-13(19)17-15-18(10-4-2)14-11(16)7-6-8-12(14)20-15/h6-8H,3-5,9-10H2,1-2H3. The summed E-state index contributed by atoms with van der Waals surface area (Å²) in [5, 5.41) is 0.717. The predicted molar refractivity (Wildman–Crippen MR) is 85.2 cm³/mol. The van der Waals surface area contributed by atoms with Crippen LogP contribution >= 0.6 is 22.9 Å². The van der Waals surface area contributed by atoms with Crippen LogP contribution in [-0.2, 0) is 11.3 Å². The van der Waals surface area contributed by atoms with Gasteiger partial charge in [-0.15, -0.1) is 0 Å². The number of benzene rings is 1. The van der Waals surface area contributed by atoms with E-state index in [1.165, 1.54) is 11.3 Å². The molecule has 0 unspecified atom stereocenters. The number of fused-ring (bicyclic) bond motifs is 1. The SMILES string of the molecule is CCCCC(=O)N=c1sc2cccc(Cl)c2n1CCC. The second-order valence-corrected chi connectivity index (χ2v) is 6.15. The van der Waals surface area contributed by atoms with Crippen molar-refractivity contribution in [2.45, 2.75) is 46.1 Å². The van der Waals surface area contributed by atoms with Crippen molar-refractivity contribution in [3.8, 4) is 0 Å². The molecule has 3 nitrogen and oxygen atoms in total. The summed E-state index contributed by atoms with van der Waals surface area (Å²) in [6.07, 6.45) is 3.40. The fraction of sp³-hybridized carbons (Fsp3) is 0.467. The summed E-state index contributed by atoms with van der Waals surface area (Å²) >= 11 is 7.82. The van der Waals surface area contributed by atoms with Crippen LogP contribution in [0.15, 0.2) is 23.2 Å². The van der Waals surface area contributed by atoms with Crippen molar-refractivity contribution >= 4 is 39.1 Å². The van der Waals surface area contributed by atoms with Crippen molar-refractivity contribution in [2.75, 3.05) is 0 Å². The van der Waals surface area contributed by atoms with Gasteiger partial charge < -0.3 is 4.57 Å². The van der Waals surface area contributed by atoms with Crippen LogP contribution in [0.1, 0.15) is 39.5 Å². The van der Waals surface area contributed by atoms with E-state index in [2.05, 4.69) is 23.4 Å². The summed E-state index contributed by atoms with van der Waals surface area (Å²) in [6.45, 7) is 5.00. The van der Waals surface area contributed by atoms with Gasteiger partial charge in [0.25, 0.3) is 0 Å². The number of amides is 1. The number of nitrogens with zero attached hydrogens (tertiary/aromatic N) is 2. The minimum Gasteiger partial charge on any atom is -0.315 e. The lowest BCUT2D eigenvalue weighted by atomic mass is 10.2. The Labute approximate surface area is 127 Å². The molecule has 0 aliphatic carbocycles. The van der Waals surface area contributed by atoms with Crippen molar-refractivity contribution in [3.63, 3.8) is 0 Å². The van der Waals surface area contributed by atoms with Gasteiger partial charge in [-0.3, -0.25) is 4.79 Å². The molecule has 0 spiro atoms. The van der Waals surface area contributed by atoms with E-state index in [-0.39, 0.29) is 5.91 Å². The van der Waals surface area contributed by atoms with Crippen molar-refractivity contribution in [2.24, 2.45) is 4.99 Å². The van der Waals surface area contributed by atoms with E-state index in [0.717, 1.165) is 45.8 Å². The lowest BCUT2D eigenvalue weighted by Gasteiger charge is -2.03. The molecule has 0 aliphatic heterocycles. The van der Waals surface area contributed by atoms with Gasteiger partial charge in [-0.05, 0) is 25.0 Å². The molecule has 0 radical (unpaired) electrons. The highest BCUT2D eigenvalue weighted by atomic mass is 35.5. The highest BCUT2D eigenvalue weighted by Crippen LogP contribution is 2.25. The van der Waals surface area contributed by atoms with Crippen LogP contribution in [0, 0.1) is 0 Å². The largest absolute Gasteiger partial charge is 0.315 e. The van der Waals surface area contributed by atoms with Crippen molar-refractivity contribution in [3.05, 3.63) is 28.0 Å². The fourth-order valence-corrected chi connectivity index (χ4v) is 3.53. The van der Waals surface area contributed by atoms with E-state index in [4.69, 9.17) is 11.6 Å². The van der Waals surface area contributed by atoms with Gasteiger partial charge in [-0.1, -0.05) is 49.3 Å². The summed E-state index contributed by atoms with van der Waals surface area (Å²) in [6, 6.07) is 5.83. The Morgan fingerprint density at radius 2 is 2.15 bits per heavy atom. The summed E-state index contributed by atoms with van der Waals surface area (Å²) in [5.41, 5.74) is 0.989. The molecule has 108 valence electrons. The topological polar surface area (TPSA) is 34.4 Å². The molecular formula is C15H19ClN2OS. The van der Waals surface area contributed by atoms with Gasteiger partial charge >= 0.3 is 0 Å². The first kappa shape index (κ1) is 15.3. The van der Waals surface area contributed by atoms with Crippen LogP contribution in [0.4, 0.5) is 0 Å². The van der Waals surface area contributed by atoms with Crippen LogP contribution < -0.4 is 4.80 Å². The maximum absolute atomic E-state index is 11.9. The molecule has 0 bridgehead atoms. The highest BCUT2D eigenvalue weighted by molar-refractivity contribution is 7.16. The molecule has 0 saturated heterocycles. The Morgan fingerprint density at radius 1 is 1.35 bits per heavy atom. The Hall–Kier alpha value is -1.13. The second kappa shape index (κ2) is 7.04. The molecule has 1 aromatic heterocycles. The maximum Gasteiger partial charge on any atom is 0.248 e. The molecule has 1 aromatic carbocycles. The molecule has 5 heteroatoms. The van der Waals surface area contributed by atoms with Crippen molar-refractivity contribution < 1.29 is 4.79 Å². The Bertz CT molecular complexity index is 672. The number of hydrogen-bond donors (Lipinski definition) is 0. The Balaban J connectivity index is 2.52. The van der Waals surface area contributed by atoms with Gasteiger partial charge in [-0.2, -0.15) is 4.99 Å². The third-order valence-electron chi connectivity index (χ3n) is 3.06. The zero-order valence-electron chi connectivity index (χ0n) is 11.9. The van der Waals surface area contributed by atoms with Crippen LogP contribution in [0.3, 0.4) is 0 Å². The third kappa shape index (κ3) is 3.30. The fourth-order valence-electron chi connectivity index (χ4n) is 2.09.